The molecule has 4 N–H and O–H groups in total. The van der Waals surface area contributed by atoms with Gasteiger partial charge in [0.2, 0.25) is 0 Å². The van der Waals surface area contributed by atoms with E-state index in [9.17, 15) is 9.59 Å². The van der Waals surface area contributed by atoms with Crippen molar-refractivity contribution in [2.45, 2.75) is 18.5 Å². The Hall–Kier alpha value is -2.28. The Morgan fingerprint density at radius 3 is 2.85 bits per heavy atom. The number of aliphatic carboxylic acids is 1. The van der Waals surface area contributed by atoms with Crippen LogP contribution in [0.25, 0.3) is 0 Å². The van der Waals surface area contributed by atoms with E-state index in [0.29, 0.717) is 12.4 Å². The number of hydrogen-bond donors (Lipinski definition) is 4. The Bertz CT molecular complexity index is 505. The summed E-state index contributed by atoms with van der Waals surface area (Å²) in [4.78, 5) is 22.7. The number of rotatable bonds is 5. The molecule has 7 nitrogen and oxygen atoms in total. The van der Waals surface area contributed by atoms with Gasteiger partial charge in [-0.25, -0.2) is 9.59 Å². The molecule has 7 heteroatoms. The molecule has 20 heavy (non-hydrogen) atoms. The molecule has 0 spiro atoms. The number of carboxylic acids is 1. The highest BCUT2D eigenvalue weighted by Crippen LogP contribution is 2.31. The summed E-state index contributed by atoms with van der Waals surface area (Å²) in [6.45, 7) is -0.00285. The number of ether oxygens (including phenoxy) is 1. The summed E-state index contributed by atoms with van der Waals surface area (Å²) in [6, 6.07) is 5.30. The Balaban J connectivity index is 1.94. The van der Waals surface area contributed by atoms with Crippen LogP contribution in [-0.4, -0.2) is 41.5 Å². The van der Waals surface area contributed by atoms with E-state index in [1.165, 1.54) is 0 Å². The summed E-state index contributed by atoms with van der Waals surface area (Å²) in [7, 11) is 0. The molecule has 1 aromatic rings. The number of carbonyl (C=O) groups excluding carboxylic acids is 1. The Morgan fingerprint density at radius 2 is 2.15 bits per heavy atom. The van der Waals surface area contributed by atoms with Crippen molar-refractivity contribution in [3.05, 3.63) is 29.8 Å². The Morgan fingerprint density at radius 1 is 1.40 bits per heavy atom. The first kappa shape index (κ1) is 14.1. The minimum atomic E-state index is -1.18. The first-order valence-electron chi connectivity index (χ1n) is 6.24. The number of para-hydroxylation sites is 1. The standard InChI is InChI=1S/C13H16N2O5/c16-6-5-9(12(17)18)14-13(19)15-10-7-20-11-4-2-1-3-8(10)11/h1-4,9-10,16H,5-7H2,(H,17,18)(H2,14,15,19)/t9-,10?/m1/s1. The van der Waals surface area contributed by atoms with Crippen LogP contribution in [0.1, 0.15) is 18.0 Å². The molecule has 0 saturated heterocycles. The van der Waals surface area contributed by atoms with Crippen molar-refractivity contribution in [2.24, 2.45) is 0 Å². The number of urea groups is 1. The second kappa shape index (κ2) is 6.25. The van der Waals surface area contributed by atoms with E-state index in [1.807, 2.05) is 18.2 Å². The zero-order valence-corrected chi connectivity index (χ0v) is 10.7. The highest BCUT2D eigenvalue weighted by molar-refractivity contribution is 5.82. The van der Waals surface area contributed by atoms with Gasteiger partial charge in [-0.3, -0.25) is 0 Å². The van der Waals surface area contributed by atoms with Crippen LogP contribution in [0.4, 0.5) is 4.79 Å². The molecular formula is C13H16N2O5. The van der Waals surface area contributed by atoms with E-state index < -0.39 is 18.0 Å². The number of nitrogens with one attached hydrogen (secondary N) is 2. The predicted octanol–water partition coefficient (Wildman–Crippen LogP) is 0.255. The molecule has 1 heterocycles. The maximum absolute atomic E-state index is 11.8. The lowest BCUT2D eigenvalue weighted by Crippen LogP contribution is -2.47. The third-order valence-electron chi connectivity index (χ3n) is 3.03. The van der Waals surface area contributed by atoms with Gasteiger partial charge in [0.05, 0.1) is 6.04 Å². The van der Waals surface area contributed by atoms with E-state index in [0.717, 1.165) is 5.56 Å². The van der Waals surface area contributed by atoms with Crippen molar-refractivity contribution < 1.29 is 24.5 Å². The molecular weight excluding hydrogens is 264 g/mol. The lowest BCUT2D eigenvalue weighted by atomic mass is 10.1. The minimum Gasteiger partial charge on any atom is -0.491 e. The number of carboxylic acid groups (broad SMARTS) is 1. The van der Waals surface area contributed by atoms with Gasteiger partial charge in [-0.2, -0.15) is 0 Å². The predicted molar refractivity (Wildman–Crippen MR) is 69.5 cm³/mol. The van der Waals surface area contributed by atoms with E-state index in [-0.39, 0.29) is 19.1 Å². The van der Waals surface area contributed by atoms with Crippen molar-refractivity contribution in [2.75, 3.05) is 13.2 Å². The van der Waals surface area contributed by atoms with Gasteiger partial charge in [0.1, 0.15) is 18.4 Å². The second-order valence-corrected chi connectivity index (χ2v) is 4.42. The van der Waals surface area contributed by atoms with Crippen molar-refractivity contribution in [1.82, 2.24) is 10.6 Å². The van der Waals surface area contributed by atoms with Crippen LogP contribution in [0, 0.1) is 0 Å². The molecule has 0 aliphatic carbocycles. The molecule has 0 aromatic heterocycles. The largest absolute Gasteiger partial charge is 0.491 e. The minimum absolute atomic E-state index is 0.0412. The van der Waals surface area contributed by atoms with Crippen LogP contribution in [-0.2, 0) is 4.79 Å². The summed E-state index contributed by atoms with van der Waals surface area (Å²) in [5.41, 5.74) is 0.858. The molecule has 108 valence electrons. The molecule has 1 aliphatic rings. The van der Waals surface area contributed by atoms with Crippen LogP contribution in [0.3, 0.4) is 0 Å². The molecule has 0 saturated carbocycles. The number of fused-ring (bicyclic) bond motifs is 1. The van der Waals surface area contributed by atoms with Crippen molar-refractivity contribution in [3.63, 3.8) is 0 Å². The summed E-state index contributed by atoms with van der Waals surface area (Å²) in [5, 5.41) is 22.6. The molecule has 1 aromatic carbocycles. The fraction of sp³-hybridized carbons (Fsp3) is 0.385. The topological polar surface area (TPSA) is 108 Å². The summed E-state index contributed by atoms with van der Waals surface area (Å²) in [5.74, 6) is -0.472. The van der Waals surface area contributed by atoms with Crippen LogP contribution in [0.2, 0.25) is 0 Å². The van der Waals surface area contributed by atoms with Crippen molar-refractivity contribution >= 4 is 12.0 Å². The van der Waals surface area contributed by atoms with Crippen LogP contribution >= 0.6 is 0 Å². The fourth-order valence-electron chi connectivity index (χ4n) is 2.03. The van der Waals surface area contributed by atoms with Gasteiger partial charge in [0.25, 0.3) is 0 Å². The zero-order chi connectivity index (χ0) is 14.5. The van der Waals surface area contributed by atoms with Gasteiger partial charge < -0.3 is 25.6 Å². The molecule has 1 aliphatic heterocycles. The lowest BCUT2D eigenvalue weighted by molar-refractivity contribution is -0.139. The number of amides is 2. The molecule has 2 amide bonds. The monoisotopic (exact) mass is 280 g/mol. The third kappa shape index (κ3) is 3.18. The summed E-state index contributed by atoms with van der Waals surface area (Å²) >= 11 is 0. The van der Waals surface area contributed by atoms with E-state index in [2.05, 4.69) is 10.6 Å². The average molecular weight is 280 g/mol. The number of aliphatic hydroxyl groups excluding tert-OH is 1. The van der Waals surface area contributed by atoms with E-state index in [1.54, 1.807) is 6.07 Å². The number of carbonyl (C=O) groups is 2. The third-order valence-corrected chi connectivity index (χ3v) is 3.03. The van der Waals surface area contributed by atoms with Gasteiger partial charge in [-0.05, 0) is 6.07 Å². The molecule has 2 rings (SSSR count). The van der Waals surface area contributed by atoms with E-state index in [4.69, 9.17) is 14.9 Å². The quantitative estimate of drug-likeness (QED) is 0.618. The number of hydrogen-bond acceptors (Lipinski definition) is 4. The van der Waals surface area contributed by atoms with Gasteiger partial charge in [-0.1, -0.05) is 18.2 Å². The van der Waals surface area contributed by atoms with Crippen molar-refractivity contribution in [1.29, 1.82) is 0 Å². The Kier molecular flexibility index (Phi) is 4.41. The fourth-order valence-corrected chi connectivity index (χ4v) is 2.03. The molecule has 2 atom stereocenters. The first-order chi connectivity index (χ1) is 9.61. The second-order valence-electron chi connectivity index (χ2n) is 4.42. The molecule has 0 fully saturated rings. The molecule has 1 unspecified atom stereocenters. The Labute approximate surface area is 115 Å². The molecule has 0 bridgehead atoms. The lowest BCUT2D eigenvalue weighted by Gasteiger charge is -2.16. The van der Waals surface area contributed by atoms with E-state index >= 15 is 0 Å². The summed E-state index contributed by atoms with van der Waals surface area (Å²) in [6.07, 6.45) is -0.0412. The first-order valence-corrected chi connectivity index (χ1v) is 6.24. The normalized spacial score (nSPS) is 17.8. The smallest absolute Gasteiger partial charge is 0.326 e. The maximum atomic E-state index is 11.8. The highest BCUT2D eigenvalue weighted by Gasteiger charge is 2.26. The SMILES string of the molecule is O=C(NC1COc2ccccc21)N[C@H](CCO)C(=O)O. The molecule has 0 radical (unpaired) electrons. The number of aliphatic hydroxyl groups is 1. The van der Waals surface area contributed by atoms with Crippen LogP contribution < -0.4 is 15.4 Å². The van der Waals surface area contributed by atoms with Gasteiger partial charge in [0.15, 0.2) is 0 Å². The van der Waals surface area contributed by atoms with Gasteiger partial charge >= 0.3 is 12.0 Å². The zero-order valence-electron chi connectivity index (χ0n) is 10.7. The van der Waals surface area contributed by atoms with Gasteiger partial charge in [0, 0.05) is 18.6 Å². The number of benzene rings is 1. The average Bonchev–Trinajstić information content (AvgIpc) is 2.81. The maximum Gasteiger partial charge on any atom is 0.326 e. The summed E-state index contributed by atoms with van der Waals surface area (Å²) < 4.78 is 5.41. The highest BCUT2D eigenvalue weighted by atomic mass is 16.5. The van der Waals surface area contributed by atoms with Crippen LogP contribution in [0.5, 0.6) is 5.75 Å². The van der Waals surface area contributed by atoms with Gasteiger partial charge in [-0.15, -0.1) is 0 Å². The van der Waals surface area contributed by atoms with Crippen LogP contribution in [0.15, 0.2) is 24.3 Å². The van der Waals surface area contributed by atoms with Crippen molar-refractivity contribution in [3.8, 4) is 5.75 Å².